The molecule has 4 fully saturated rings. The van der Waals surface area contributed by atoms with Crippen molar-refractivity contribution in [3.8, 4) is 0 Å². The van der Waals surface area contributed by atoms with Gasteiger partial charge in [0, 0.05) is 11.8 Å². The van der Waals surface area contributed by atoms with E-state index in [1.54, 1.807) is 0 Å². The van der Waals surface area contributed by atoms with Gasteiger partial charge in [-0.1, -0.05) is 26.0 Å². The van der Waals surface area contributed by atoms with Crippen molar-refractivity contribution in [2.75, 3.05) is 0 Å². The molecule has 4 aliphatic carbocycles. The Balaban J connectivity index is 1.74. The minimum absolute atomic E-state index is 0.327. The van der Waals surface area contributed by atoms with Crippen LogP contribution in [0.1, 0.15) is 52.4 Å². The molecule has 0 saturated heterocycles. The van der Waals surface area contributed by atoms with Crippen LogP contribution in [-0.4, -0.2) is 5.78 Å². The molecule has 0 spiro atoms. The summed E-state index contributed by atoms with van der Waals surface area (Å²) < 4.78 is 0. The van der Waals surface area contributed by atoms with Crippen LogP contribution in [-0.2, 0) is 4.79 Å². The zero-order valence-electron chi connectivity index (χ0n) is 13.0. The van der Waals surface area contributed by atoms with E-state index in [-0.39, 0.29) is 0 Å². The Labute approximate surface area is 123 Å². The first-order valence-electron chi connectivity index (χ1n) is 8.79. The Bertz CT molecular complexity index is 451. The predicted molar refractivity (Wildman–Crippen MR) is 81.1 cm³/mol. The van der Waals surface area contributed by atoms with Crippen molar-refractivity contribution in [3.63, 3.8) is 0 Å². The number of hydrogen-bond acceptors (Lipinski definition) is 1. The van der Waals surface area contributed by atoms with Crippen LogP contribution in [0.5, 0.6) is 0 Å². The molecule has 0 aromatic carbocycles. The first-order valence-corrected chi connectivity index (χ1v) is 8.79. The second kappa shape index (κ2) is 4.45. The van der Waals surface area contributed by atoms with E-state index in [1.807, 2.05) is 0 Å². The average molecular weight is 272 g/mol. The van der Waals surface area contributed by atoms with Crippen molar-refractivity contribution in [1.29, 1.82) is 0 Å². The Morgan fingerprint density at radius 2 is 1.75 bits per heavy atom. The van der Waals surface area contributed by atoms with Crippen LogP contribution in [0.2, 0.25) is 0 Å². The van der Waals surface area contributed by atoms with E-state index in [0.29, 0.717) is 17.6 Å². The molecule has 0 aromatic heterocycles. The summed E-state index contributed by atoms with van der Waals surface area (Å²) in [5.74, 6) is 6.20. The molecule has 1 heteroatoms. The molecule has 0 amide bonds. The van der Waals surface area contributed by atoms with Gasteiger partial charge in [-0.05, 0) is 74.0 Å². The normalized spacial score (nSPS) is 54.5. The minimum Gasteiger partial charge on any atom is -0.299 e. The molecule has 0 heterocycles. The van der Waals surface area contributed by atoms with E-state index >= 15 is 0 Å². The van der Waals surface area contributed by atoms with Gasteiger partial charge in [-0.2, -0.15) is 0 Å². The Morgan fingerprint density at radius 3 is 2.55 bits per heavy atom. The molecule has 20 heavy (non-hydrogen) atoms. The third kappa shape index (κ3) is 1.64. The molecule has 4 rings (SSSR count). The third-order valence-electron chi connectivity index (χ3n) is 7.44. The fourth-order valence-corrected chi connectivity index (χ4v) is 6.71. The summed E-state index contributed by atoms with van der Waals surface area (Å²) in [7, 11) is 0. The lowest BCUT2D eigenvalue weighted by atomic mass is 9.44. The van der Waals surface area contributed by atoms with Gasteiger partial charge < -0.3 is 0 Å². The Hall–Kier alpha value is -0.590. The molecule has 0 bridgehead atoms. The van der Waals surface area contributed by atoms with Gasteiger partial charge in [0.2, 0.25) is 0 Å². The molecule has 4 aliphatic rings. The van der Waals surface area contributed by atoms with Crippen LogP contribution in [0.25, 0.3) is 0 Å². The van der Waals surface area contributed by atoms with E-state index in [0.717, 1.165) is 41.9 Å². The largest absolute Gasteiger partial charge is 0.299 e. The molecule has 0 aromatic rings. The van der Waals surface area contributed by atoms with Crippen LogP contribution in [0.3, 0.4) is 0 Å². The number of allylic oxidation sites excluding steroid dienone is 1. The summed E-state index contributed by atoms with van der Waals surface area (Å²) in [6, 6.07) is 0. The second-order valence-corrected chi connectivity index (χ2v) is 8.32. The van der Waals surface area contributed by atoms with Crippen LogP contribution in [0.4, 0.5) is 0 Å². The van der Waals surface area contributed by atoms with Crippen molar-refractivity contribution >= 4 is 5.78 Å². The lowest BCUT2D eigenvalue weighted by Crippen LogP contribution is -2.55. The first-order chi connectivity index (χ1) is 9.58. The SMILES string of the molecule is C=C1CC[C@H]2[C@H]3[C@@H]4[C@H](C[C@@H](C)C(=O)[C@H]4CC[C@H]13)C[C@@H]2C. The van der Waals surface area contributed by atoms with Crippen LogP contribution in [0, 0.1) is 47.3 Å². The molecule has 4 saturated carbocycles. The van der Waals surface area contributed by atoms with Gasteiger partial charge in [-0.15, -0.1) is 0 Å². The highest BCUT2D eigenvalue weighted by molar-refractivity contribution is 5.84. The lowest BCUT2D eigenvalue weighted by molar-refractivity contribution is -0.148. The maximum atomic E-state index is 12.7. The predicted octanol–water partition coefficient (Wildman–Crippen LogP) is 4.48. The van der Waals surface area contributed by atoms with Gasteiger partial charge in [0.25, 0.3) is 0 Å². The van der Waals surface area contributed by atoms with Gasteiger partial charge in [0.1, 0.15) is 5.78 Å². The fraction of sp³-hybridized carbons (Fsp3) is 0.842. The highest BCUT2D eigenvalue weighted by Gasteiger charge is 2.56. The summed E-state index contributed by atoms with van der Waals surface area (Å²) in [4.78, 5) is 12.7. The summed E-state index contributed by atoms with van der Waals surface area (Å²) in [5, 5.41) is 0. The monoisotopic (exact) mass is 272 g/mol. The molecule has 1 nitrogen and oxygen atoms in total. The van der Waals surface area contributed by atoms with Crippen molar-refractivity contribution in [2.24, 2.45) is 47.3 Å². The van der Waals surface area contributed by atoms with Gasteiger partial charge in [0.15, 0.2) is 0 Å². The first kappa shape index (κ1) is 13.1. The maximum Gasteiger partial charge on any atom is 0.139 e. The summed E-state index contributed by atoms with van der Waals surface area (Å²) in [6.07, 6.45) is 7.57. The minimum atomic E-state index is 0.327. The van der Waals surface area contributed by atoms with Gasteiger partial charge in [0.05, 0.1) is 0 Å². The highest BCUT2D eigenvalue weighted by Crippen LogP contribution is 2.61. The van der Waals surface area contributed by atoms with Crippen molar-refractivity contribution in [3.05, 3.63) is 12.2 Å². The number of Topliss-reactive ketones (excluding diaryl/α,β-unsaturated/α-hetero) is 1. The van der Waals surface area contributed by atoms with E-state index in [2.05, 4.69) is 20.4 Å². The molecule has 0 unspecified atom stereocenters. The van der Waals surface area contributed by atoms with Gasteiger partial charge in [-0.25, -0.2) is 0 Å². The zero-order valence-corrected chi connectivity index (χ0v) is 13.0. The van der Waals surface area contributed by atoms with Crippen molar-refractivity contribution in [2.45, 2.75) is 52.4 Å². The van der Waals surface area contributed by atoms with Crippen LogP contribution in [0.15, 0.2) is 12.2 Å². The number of hydrogen-bond donors (Lipinski definition) is 0. The van der Waals surface area contributed by atoms with E-state index < -0.39 is 0 Å². The quantitative estimate of drug-likeness (QED) is 0.594. The van der Waals surface area contributed by atoms with E-state index in [9.17, 15) is 4.79 Å². The lowest BCUT2D eigenvalue weighted by Gasteiger charge is -2.59. The smallest absolute Gasteiger partial charge is 0.139 e. The molecular formula is C19H28O. The van der Waals surface area contributed by atoms with Crippen LogP contribution >= 0.6 is 0 Å². The zero-order chi connectivity index (χ0) is 14.0. The number of ketones is 1. The summed E-state index contributed by atoms with van der Waals surface area (Å²) in [6.45, 7) is 9.06. The average Bonchev–Trinajstić information content (AvgIpc) is 2.43. The van der Waals surface area contributed by atoms with E-state index in [4.69, 9.17) is 0 Å². The highest BCUT2D eigenvalue weighted by atomic mass is 16.1. The Morgan fingerprint density at radius 1 is 1.00 bits per heavy atom. The maximum absolute atomic E-state index is 12.7. The second-order valence-electron chi connectivity index (χ2n) is 8.32. The number of rotatable bonds is 0. The van der Waals surface area contributed by atoms with Gasteiger partial charge in [-0.3, -0.25) is 4.79 Å². The van der Waals surface area contributed by atoms with Crippen LogP contribution < -0.4 is 0 Å². The molecule has 110 valence electrons. The standard InChI is InChI=1S/C19H28O/c1-10-4-5-15-11(2)8-13-9-12(3)19(20)16-7-6-14(10)18(15)17(13)16/h11-18H,1,4-9H2,2-3H3/t11-,12+,13-,14+,15+,16-,17+,18-/m0/s1. The summed E-state index contributed by atoms with van der Waals surface area (Å²) in [5.41, 5.74) is 1.52. The topological polar surface area (TPSA) is 17.1 Å². The summed E-state index contributed by atoms with van der Waals surface area (Å²) >= 11 is 0. The van der Waals surface area contributed by atoms with Crippen molar-refractivity contribution < 1.29 is 4.79 Å². The molecule has 8 atom stereocenters. The fourth-order valence-electron chi connectivity index (χ4n) is 6.71. The van der Waals surface area contributed by atoms with Gasteiger partial charge >= 0.3 is 0 Å². The molecular weight excluding hydrogens is 244 g/mol. The molecule has 0 N–H and O–H groups in total. The third-order valence-corrected chi connectivity index (χ3v) is 7.44. The number of carbonyl (C=O) groups excluding carboxylic acids is 1. The Kier molecular flexibility index (Phi) is 2.91. The number of carbonyl (C=O) groups is 1. The van der Waals surface area contributed by atoms with Crippen molar-refractivity contribution in [1.82, 2.24) is 0 Å². The molecule has 0 aliphatic heterocycles. The molecule has 0 radical (unpaired) electrons. The van der Waals surface area contributed by atoms with E-state index in [1.165, 1.54) is 37.7 Å².